The van der Waals surface area contributed by atoms with Gasteiger partial charge in [-0.2, -0.15) is 0 Å². The molecule has 41 heavy (non-hydrogen) atoms. The fourth-order valence-corrected chi connectivity index (χ4v) is 6.46. The topological polar surface area (TPSA) is 40.5 Å². The molecule has 3 nitrogen and oxygen atoms in total. The Hall–Kier alpha value is -3.71. The Morgan fingerprint density at radius 3 is 2.49 bits per heavy atom. The monoisotopic (exact) mass is 561 g/mol. The van der Waals surface area contributed by atoms with Gasteiger partial charge >= 0.3 is 5.97 Å². The molecule has 0 radical (unpaired) electrons. The number of carbonyl (C=O) groups is 1. The van der Waals surface area contributed by atoms with Crippen LogP contribution in [0.1, 0.15) is 75.0 Å². The maximum Gasteiger partial charge on any atom is 0.335 e. The maximum absolute atomic E-state index is 14.7. The zero-order chi connectivity index (χ0) is 28.7. The summed E-state index contributed by atoms with van der Waals surface area (Å²) in [6, 6.07) is 18.5. The van der Waals surface area contributed by atoms with Crippen LogP contribution in [0.15, 0.2) is 66.2 Å². The van der Waals surface area contributed by atoms with Crippen molar-refractivity contribution in [2.75, 3.05) is 19.6 Å². The normalized spacial score (nSPS) is 18.1. The van der Waals surface area contributed by atoms with Crippen molar-refractivity contribution in [3.8, 4) is 0 Å². The van der Waals surface area contributed by atoms with E-state index in [0.717, 1.165) is 45.4 Å². The molecule has 1 aliphatic heterocycles. The van der Waals surface area contributed by atoms with E-state index in [-0.39, 0.29) is 24.0 Å². The van der Waals surface area contributed by atoms with Gasteiger partial charge in [-0.1, -0.05) is 54.6 Å². The summed E-state index contributed by atoms with van der Waals surface area (Å²) in [6.45, 7) is 1.77. The molecule has 7 heteroatoms. The number of carboxylic acids is 1. The molecule has 6 rings (SSSR count). The first-order valence-corrected chi connectivity index (χ1v) is 14.1. The van der Waals surface area contributed by atoms with E-state index in [9.17, 15) is 27.5 Å². The summed E-state index contributed by atoms with van der Waals surface area (Å²) in [5.74, 6) is -3.82. The Kier molecular flexibility index (Phi) is 7.32. The molecule has 0 amide bonds. The van der Waals surface area contributed by atoms with Crippen LogP contribution in [-0.4, -0.2) is 42.0 Å². The van der Waals surface area contributed by atoms with Crippen LogP contribution < -0.4 is 0 Å². The van der Waals surface area contributed by atoms with E-state index < -0.39 is 18.3 Å². The first-order valence-electron chi connectivity index (χ1n) is 14.1. The summed E-state index contributed by atoms with van der Waals surface area (Å²) in [7, 11) is 0. The number of hydrogen-bond donors (Lipinski definition) is 1. The van der Waals surface area contributed by atoms with Gasteiger partial charge in [-0.25, -0.2) is 22.4 Å². The maximum atomic E-state index is 14.7. The van der Waals surface area contributed by atoms with Crippen LogP contribution in [0.4, 0.5) is 17.6 Å². The van der Waals surface area contributed by atoms with Crippen LogP contribution in [-0.2, 0) is 18.8 Å². The third-order valence-corrected chi connectivity index (χ3v) is 8.47. The molecule has 1 saturated heterocycles. The lowest BCUT2D eigenvalue weighted by atomic mass is 9.85. The third kappa shape index (κ3) is 5.47. The second kappa shape index (κ2) is 10.9. The molecule has 0 aromatic heterocycles. The van der Waals surface area contributed by atoms with Crippen LogP contribution in [0.5, 0.6) is 0 Å². The van der Waals surface area contributed by atoms with Crippen molar-refractivity contribution in [2.24, 2.45) is 0 Å². The van der Waals surface area contributed by atoms with Gasteiger partial charge in [0.25, 0.3) is 5.92 Å². The summed E-state index contributed by atoms with van der Waals surface area (Å²) < 4.78 is 54.4. The average molecular weight is 562 g/mol. The SMILES string of the molecule is O=C(O)c1ccc2c(c1)CCCC(c1cccc3c1CCC3(F)F)=C2c1ccc(C=C2CN(CCC(F)F)C2)cc1. The van der Waals surface area contributed by atoms with Gasteiger partial charge in [-0.05, 0) is 87.9 Å². The van der Waals surface area contributed by atoms with E-state index in [0.29, 0.717) is 44.5 Å². The number of aromatic carboxylic acids is 1. The van der Waals surface area contributed by atoms with Crippen molar-refractivity contribution in [1.82, 2.24) is 4.90 Å². The van der Waals surface area contributed by atoms with Gasteiger partial charge in [-0.3, -0.25) is 4.90 Å². The molecular formula is C34H31F4NO2. The molecule has 0 atom stereocenters. The van der Waals surface area contributed by atoms with Crippen molar-refractivity contribution in [3.05, 3.63) is 111 Å². The highest BCUT2D eigenvalue weighted by Crippen LogP contribution is 2.47. The molecule has 1 N–H and O–H groups in total. The zero-order valence-corrected chi connectivity index (χ0v) is 22.6. The smallest absolute Gasteiger partial charge is 0.335 e. The summed E-state index contributed by atoms with van der Waals surface area (Å²) in [5, 5.41) is 9.60. The van der Waals surface area contributed by atoms with E-state index in [1.165, 1.54) is 11.6 Å². The number of nitrogens with zero attached hydrogens (tertiary/aromatic N) is 1. The molecule has 3 aromatic rings. The van der Waals surface area contributed by atoms with Crippen LogP contribution in [0, 0.1) is 0 Å². The van der Waals surface area contributed by atoms with Gasteiger partial charge in [-0.15, -0.1) is 0 Å². The zero-order valence-electron chi connectivity index (χ0n) is 22.6. The molecule has 0 spiro atoms. The molecule has 212 valence electrons. The number of carboxylic acid groups (broad SMARTS) is 1. The van der Waals surface area contributed by atoms with Crippen LogP contribution >= 0.6 is 0 Å². The molecule has 0 saturated carbocycles. The number of fused-ring (bicyclic) bond motifs is 2. The molecule has 1 fully saturated rings. The molecule has 2 aliphatic carbocycles. The second-order valence-electron chi connectivity index (χ2n) is 11.2. The highest BCUT2D eigenvalue weighted by molar-refractivity contribution is 6.01. The third-order valence-electron chi connectivity index (χ3n) is 8.47. The van der Waals surface area contributed by atoms with Crippen molar-refractivity contribution < 1.29 is 27.5 Å². The number of aryl methyl sites for hydroxylation is 1. The number of benzene rings is 3. The molecule has 1 heterocycles. The highest BCUT2D eigenvalue weighted by atomic mass is 19.3. The first kappa shape index (κ1) is 27.5. The highest BCUT2D eigenvalue weighted by Gasteiger charge is 2.40. The minimum Gasteiger partial charge on any atom is -0.478 e. The predicted octanol–water partition coefficient (Wildman–Crippen LogP) is 8.07. The second-order valence-corrected chi connectivity index (χ2v) is 11.2. The predicted molar refractivity (Wildman–Crippen MR) is 152 cm³/mol. The summed E-state index contributed by atoms with van der Waals surface area (Å²) in [4.78, 5) is 13.7. The van der Waals surface area contributed by atoms with Gasteiger partial charge in [0.05, 0.1) is 5.56 Å². The Labute approximate surface area is 236 Å². The molecule has 3 aliphatic rings. The number of alkyl halides is 4. The van der Waals surface area contributed by atoms with Crippen molar-refractivity contribution in [3.63, 3.8) is 0 Å². The Morgan fingerprint density at radius 1 is 0.976 bits per heavy atom. The van der Waals surface area contributed by atoms with E-state index in [1.54, 1.807) is 18.2 Å². The van der Waals surface area contributed by atoms with Gasteiger partial charge in [0.15, 0.2) is 0 Å². The number of rotatable bonds is 7. The van der Waals surface area contributed by atoms with Gasteiger partial charge in [0.2, 0.25) is 6.43 Å². The standard InChI is InChI=1S/C34H31F4NO2/c35-31(36)14-16-39-19-22(20-39)17-21-7-9-23(10-8-21)32-26-12-11-25(33(40)41)18-24(26)3-1-5-29(32)27-4-2-6-30-28(27)13-15-34(30,37)38/h2,4,6-12,17-18,31H,1,3,5,13-16,19-20H2,(H,40,41). The number of allylic oxidation sites excluding steroid dienone is 1. The Balaban J connectivity index is 1.40. The molecule has 3 aromatic carbocycles. The number of likely N-dealkylation sites (tertiary alicyclic amines) is 1. The summed E-state index contributed by atoms with van der Waals surface area (Å²) in [6.07, 6.45) is 1.98. The summed E-state index contributed by atoms with van der Waals surface area (Å²) in [5.41, 5.74) is 8.90. The van der Waals surface area contributed by atoms with Crippen LogP contribution in [0.25, 0.3) is 17.2 Å². The molecule has 0 unspecified atom stereocenters. The lowest BCUT2D eigenvalue weighted by Crippen LogP contribution is -2.40. The van der Waals surface area contributed by atoms with Gasteiger partial charge in [0.1, 0.15) is 0 Å². The first-order chi connectivity index (χ1) is 19.7. The minimum absolute atomic E-state index is 0.109. The number of halogens is 4. The Morgan fingerprint density at radius 2 is 1.76 bits per heavy atom. The lowest BCUT2D eigenvalue weighted by Gasteiger charge is -2.34. The van der Waals surface area contributed by atoms with Gasteiger partial charge in [0, 0.05) is 38.0 Å². The van der Waals surface area contributed by atoms with Crippen molar-refractivity contribution >= 4 is 23.2 Å². The fraction of sp³-hybridized carbons (Fsp3) is 0.324. The van der Waals surface area contributed by atoms with E-state index in [1.807, 2.05) is 41.3 Å². The quantitative estimate of drug-likeness (QED) is 0.297. The van der Waals surface area contributed by atoms with Crippen LogP contribution in [0.2, 0.25) is 0 Å². The van der Waals surface area contributed by atoms with Crippen molar-refractivity contribution in [1.29, 1.82) is 0 Å². The summed E-state index contributed by atoms with van der Waals surface area (Å²) >= 11 is 0. The lowest BCUT2D eigenvalue weighted by molar-refractivity contribution is -0.00185. The minimum atomic E-state index is -2.84. The van der Waals surface area contributed by atoms with E-state index in [4.69, 9.17) is 0 Å². The van der Waals surface area contributed by atoms with Crippen molar-refractivity contribution in [2.45, 2.75) is 50.9 Å². The van der Waals surface area contributed by atoms with E-state index in [2.05, 4.69) is 6.08 Å². The largest absolute Gasteiger partial charge is 0.478 e. The number of hydrogen-bond acceptors (Lipinski definition) is 2. The van der Waals surface area contributed by atoms with Crippen LogP contribution in [0.3, 0.4) is 0 Å². The Bertz CT molecular complexity index is 1550. The molecular weight excluding hydrogens is 530 g/mol. The van der Waals surface area contributed by atoms with E-state index >= 15 is 0 Å². The fourth-order valence-electron chi connectivity index (χ4n) is 6.46. The van der Waals surface area contributed by atoms with Gasteiger partial charge < -0.3 is 5.11 Å². The molecule has 0 bridgehead atoms. The average Bonchev–Trinajstić information content (AvgIpc) is 3.12.